The van der Waals surface area contributed by atoms with Gasteiger partial charge in [-0.15, -0.1) is 0 Å². The summed E-state index contributed by atoms with van der Waals surface area (Å²) >= 11 is 0. The van der Waals surface area contributed by atoms with E-state index in [-0.39, 0.29) is 17.9 Å². The monoisotopic (exact) mass is 349 g/mol. The third-order valence-electron chi connectivity index (χ3n) is 3.25. The van der Waals surface area contributed by atoms with E-state index in [0.29, 0.717) is 6.42 Å². The molecule has 0 N–H and O–H groups in total. The van der Waals surface area contributed by atoms with Gasteiger partial charge < -0.3 is 4.74 Å². The molecule has 0 fully saturated rings. The van der Waals surface area contributed by atoms with Crippen molar-refractivity contribution in [1.29, 1.82) is 0 Å². The summed E-state index contributed by atoms with van der Waals surface area (Å²) in [6.45, 7) is 1.80. The predicted octanol–water partition coefficient (Wildman–Crippen LogP) is 2.35. The summed E-state index contributed by atoms with van der Waals surface area (Å²) in [7, 11) is -4.09. The summed E-state index contributed by atoms with van der Waals surface area (Å²) in [6.07, 6.45) is 2.12. The highest BCUT2D eigenvalue weighted by Crippen LogP contribution is 2.17. The van der Waals surface area contributed by atoms with Crippen LogP contribution in [0.25, 0.3) is 0 Å². The van der Waals surface area contributed by atoms with Crippen molar-refractivity contribution in [2.45, 2.75) is 30.8 Å². The fourth-order valence-electron chi connectivity index (χ4n) is 2.09. The first-order valence-electron chi connectivity index (χ1n) is 7.57. The Kier molecular flexibility index (Phi) is 6.45. The van der Waals surface area contributed by atoms with Gasteiger partial charge in [0.25, 0.3) is 10.1 Å². The van der Waals surface area contributed by atoms with E-state index in [1.807, 2.05) is 30.3 Å². The van der Waals surface area contributed by atoms with Gasteiger partial charge in [-0.2, -0.15) is 8.42 Å². The number of ether oxygens (including phenoxy) is 1. The average molecular weight is 349 g/mol. The Balaban J connectivity index is 2.12. The van der Waals surface area contributed by atoms with E-state index in [4.69, 9.17) is 8.92 Å². The molecule has 7 heteroatoms. The van der Waals surface area contributed by atoms with E-state index in [0.717, 1.165) is 5.56 Å². The fraction of sp³-hybridized carbons (Fsp3) is 0.294. The first kappa shape index (κ1) is 18.1. The second-order valence-corrected chi connectivity index (χ2v) is 6.58. The van der Waals surface area contributed by atoms with Crippen molar-refractivity contribution in [2.24, 2.45) is 0 Å². The number of aromatic nitrogens is 1. The minimum atomic E-state index is -4.09. The van der Waals surface area contributed by atoms with Crippen molar-refractivity contribution < 1.29 is 22.1 Å². The van der Waals surface area contributed by atoms with Crippen molar-refractivity contribution in [3.63, 3.8) is 0 Å². The number of hydrogen-bond donors (Lipinski definition) is 0. The summed E-state index contributed by atoms with van der Waals surface area (Å²) < 4.78 is 34.6. The van der Waals surface area contributed by atoms with E-state index in [2.05, 4.69) is 4.98 Å². The van der Waals surface area contributed by atoms with Gasteiger partial charge in [0, 0.05) is 12.4 Å². The van der Waals surface area contributed by atoms with Gasteiger partial charge in [-0.05, 0) is 37.5 Å². The Morgan fingerprint density at radius 1 is 1.17 bits per heavy atom. The van der Waals surface area contributed by atoms with Crippen LogP contribution < -0.4 is 0 Å². The van der Waals surface area contributed by atoms with Crippen LogP contribution in [0.15, 0.2) is 59.8 Å². The van der Waals surface area contributed by atoms with E-state index in [1.165, 1.54) is 24.5 Å². The topological polar surface area (TPSA) is 82.6 Å². The molecular weight excluding hydrogens is 330 g/mol. The maximum Gasteiger partial charge on any atom is 0.336 e. The Hall–Kier alpha value is -2.25. The molecule has 0 aliphatic rings. The molecule has 0 radical (unpaired) electrons. The maximum absolute atomic E-state index is 12.3. The first-order valence-corrected chi connectivity index (χ1v) is 8.97. The summed E-state index contributed by atoms with van der Waals surface area (Å²) in [6, 6.07) is 12.3. The summed E-state index contributed by atoms with van der Waals surface area (Å²) in [5.41, 5.74) is 0.981. The van der Waals surface area contributed by atoms with Gasteiger partial charge in [-0.25, -0.2) is 4.79 Å². The van der Waals surface area contributed by atoms with Gasteiger partial charge >= 0.3 is 5.97 Å². The lowest BCUT2D eigenvalue weighted by Crippen LogP contribution is -2.30. The minimum absolute atomic E-state index is 0.0981. The van der Waals surface area contributed by atoms with Crippen LogP contribution in [-0.2, 0) is 30.3 Å². The molecule has 0 amide bonds. The zero-order valence-electron chi connectivity index (χ0n) is 13.3. The van der Waals surface area contributed by atoms with Crippen LogP contribution in [0.4, 0.5) is 0 Å². The largest absolute Gasteiger partial charge is 0.464 e. The standard InChI is InChI=1S/C17H19NO5S/c1-2-22-17(19)16(11-10-14-7-4-3-5-8-14)23-24(20,21)15-9-6-12-18-13-15/h3-9,12-13,16H,2,10-11H2,1H3/t16-/m1/s1. The zero-order chi connectivity index (χ0) is 17.4. The molecule has 0 unspecified atom stereocenters. The Morgan fingerprint density at radius 2 is 1.92 bits per heavy atom. The Bertz CT molecular complexity index is 747. The number of carbonyl (C=O) groups is 1. The lowest BCUT2D eigenvalue weighted by atomic mass is 10.1. The minimum Gasteiger partial charge on any atom is -0.464 e. The number of aryl methyl sites for hydroxylation is 1. The number of benzene rings is 1. The molecule has 1 aromatic heterocycles. The lowest BCUT2D eigenvalue weighted by Gasteiger charge is -2.16. The number of carbonyl (C=O) groups excluding carboxylic acids is 1. The molecule has 1 atom stereocenters. The van der Waals surface area contributed by atoms with Crippen LogP contribution in [0.3, 0.4) is 0 Å². The smallest absolute Gasteiger partial charge is 0.336 e. The molecule has 128 valence electrons. The number of esters is 1. The van der Waals surface area contributed by atoms with Gasteiger partial charge in [-0.1, -0.05) is 30.3 Å². The van der Waals surface area contributed by atoms with Gasteiger partial charge in [-0.3, -0.25) is 9.17 Å². The van der Waals surface area contributed by atoms with Crippen molar-refractivity contribution in [3.8, 4) is 0 Å². The number of nitrogens with zero attached hydrogens (tertiary/aromatic N) is 1. The maximum atomic E-state index is 12.3. The molecule has 6 nitrogen and oxygen atoms in total. The molecule has 0 spiro atoms. The van der Waals surface area contributed by atoms with Gasteiger partial charge in [0.05, 0.1) is 6.61 Å². The van der Waals surface area contributed by atoms with Gasteiger partial charge in [0.2, 0.25) is 0 Å². The van der Waals surface area contributed by atoms with Crippen LogP contribution in [0.5, 0.6) is 0 Å². The highest BCUT2D eigenvalue weighted by molar-refractivity contribution is 7.86. The Morgan fingerprint density at radius 3 is 2.54 bits per heavy atom. The van der Waals surface area contributed by atoms with Crippen LogP contribution in [0.1, 0.15) is 18.9 Å². The van der Waals surface area contributed by atoms with E-state index >= 15 is 0 Å². The summed E-state index contributed by atoms with van der Waals surface area (Å²) in [4.78, 5) is 15.7. The average Bonchev–Trinajstić information content (AvgIpc) is 2.60. The zero-order valence-corrected chi connectivity index (χ0v) is 14.1. The summed E-state index contributed by atoms with van der Waals surface area (Å²) in [5.74, 6) is -0.694. The van der Waals surface area contributed by atoms with Crippen molar-refractivity contribution >= 4 is 16.1 Å². The quantitative estimate of drug-likeness (QED) is 0.537. The van der Waals surface area contributed by atoms with Crippen molar-refractivity contribution in [3.05, 3.63) is 60.4 Å². The molecule has 2 aromatic rings. The van der Waals surface area contributed by atoms with Gasteiger partial charge in [0.1, 0.15) is 4.90 Å². The number of rotatable bonds is 8. The molecule has 2 rings (SSSR count). The highest BCUT2D eigenvalue weighted by atomic mass is 32.2. The normalized spacial score (nSPS) is 12.5. The molecule has 0 bridgehead atoms. The van der Waals surface area contributed by atoms with E-state index in [9.17, 15) is 13.2 Å². The molecule has 1 aromatic carbocycles. The molecule has 0 saturated heterocycles. The molecule has 0 aliphatic heterocycles. The SMILES string of the molecule is CCOC(=O)[C@@H](CCc1ccccc1)OS(=O)(=O)c1cccnc1. The Labute approximate surface area is 141 Å². The second-order valence-electron chi connectivity index (χ2n) is 5.00. The van der Waals surface area contributed by atoms with Crippen molar-refractivity contribution in [1.82, 2.24) is 4.98 Å². The third kappa shape index (κ3) is 5.14. The molecule has 1 heterocycles. The highest BCUT2D eigenvalue weighted by Gasteiger charge is 2.28. The van der Waals surface area contributed by atoms with E-state index < -0.39 is 22.2 Å². The summed E-state index contributed by atoms with van der Waals surface area (Å²) in [5, 5.41) is 0. The van der Waals surface area contributed by atoms with Crippen LogP contribution in [0.2, 0.25) is 0 Å². The molecule has 0 saturated carbocycles. The van der Waals surface area contributed by atoms with Crippen molar-refractivity contribution in [2.75, 3.05) is 6.61 Å². The molecule has 24 heavy (non-hydrogen) atoms. The number of pyridine rings is 1. The third-order valence-corrected chi connectivity index (χ3v) is 4.56. The van der Waals surface area contributed by atoms with Gasteiger partial charge in [0.15, 0.2) is 6.10 Å². The predicted molar refractivity (Wildman–Crippen MR) is 87.7 cm³/mol. The lowest BCUT2D eigenvalue weighted by molar-refractivity contribution is -0.151. The molecular formula is C17H19NO5S. The number of hydrogen-bond acceptors (Lipinski definition) is 6. The molecule has 0 aliphatic carbocycles. The first-order chi connectivity index (χ1) is 11.5. The van der Waals surface area contributed by atoms with E-state index in [1.54, 1.807) is 6.92 Å². The second kappa shape index (κ2) is 8.56. The fourth-order valence-corrected chi connectivity index (χ4v) is 3.11. The van der Waals surface area contributed by atoms with Crippen LogP contribution >= 0.6 is 0 Å². The van der Waals surface area contributed by atoms with Crippen LogP contribution in [0, 0.1) is 0 Å². The van der Waals surface area contributed by atoms with Crippen LogP contribution in [-0.4, -0.2) is 32.1 Å².